The number of aromatic nitrogens is 1. The number of alkyl halides is 3. The molecule has 3 rings (SSSR count). The Labute approximate surface area is 136 Å². The van der Waals surface area contributed by atoms with Gasteiger partial charge in [0.1, 0.15) is 11.4 Å². The topological polar surface area (TPSA) is 65.6 Å². The largest absolute Gasteiger partial charge is 0.573 e. The van der Waals surface area contributed by atoms with Crippen molar-refractivity contribution in [3.8, 4) is 5.75 Å². The van der Waals surface area contributed by atoms with Gasteiger partial charge in [0.2, 0.25) is 0 Å². The average Bonchev–Trinajstić information content (AvgIpc) is 2.86. The van der Waals surface area contributed by atoms with Crippen molar-refractivity contribution in [3.05, 3.63) is 30.0 Å². The predicted octanol–water partition coefficient (Wildman–Crippen LogP) is 2.91. The summed E-state index contributed by atoms with van der Waals surface area (Å²) >= 11 is 0. The first-order valence-electron chi connectivity index (χ1n) is 7.53. The van der Waals surface area contributed by atoms with Crippen LogP contribution < -0.4 is 4.74 Å². The molecular formula is C16H17F3N2O3. The Hall–Kier alpha value is -2.22. The molecule has 1 amide bonds. The highest BCUT2D eigenvalue weighted by atomic mass is 19.4. The fourth-order valence-corrected chi connectivity index (χ4v) is 2.94. The maximum absolute atomic E-state index is 12.4. The van der Waals surface area contributed by atoms with E-state index in [0.717, 1.165) is 0 Å². The molecular weight excluding hydrogens is 325 g/mol. The third kappa shape index (κ3) is 3.64. The molecule has 0 aliphatic heterocycles. The second-order valence-corrected chi connectivity index (χ2v) is 6.16. The number of hydrogen-bond acceptors (Lipinski definition) is 3. The minimum Gasteiger partial charge on any atom is -0.406 e. The SMILES string of the molecule is CN(CC1CC(O)C1)C(=O)c1cc2ccc(OC(F)(F)F)cc2[nH]1. The first-order chi connectivity index (χ1) is 11.2. The zero-order chi connectivity index (χ0) is 17.5. The van der Waals surface area contributed by atoms with Crippen LogP contribution in [0.4, 0.5) is 13.2 Å². The maximum atomic E-state index is 12.4. The molecule has 1 heterocycles. The Morgan fingerprint density at radius 1 is 1.38 bits per heavy atom. The van der Waals surface area contributed by atoms with Gasteiger partial charge in [0.15, 0.2) is 0 Å². The van der Waals surface area contributed by atoms with E-state index in [2.05, 4.69) is 9.72 Å². The van der Waals surface area contributed by atoms with E-state index in [9.17, 15) is 23.1 Å². The second kappa shape index (κ2) is 6.01. The van der Waals surface area contributed by atoms with Crippen molar-refractivity contribution in [2.75, 3.05) is 13.6 Å². The van der Waals surface area contributed by atoms with Crippen LogP contribution in [0.3, 0.4) is 0 Å². The van der Waals surface area contributed by atoms with Gasteiger partial charge >= 0.3 is 6.36 Å². The first-order valence-corrected chi connectivity index (χ1v) is 7.53. The van der Waals surface area contributed by atoms with Gasteiger partial charge in [0, 0.05) is 30.6 Å². The molecule has 0 unspecified atom stereocenters. The van der Waals surface area contributed by atoms with Crippen molar-refractivity contribution in [3.63, 3.8) is 0 Å². The van der Waals surface area contributed by atoms with E-state index in [-0.39, 0.29) is 23.7 Å². The van der Waals surface area contributed by atoms with Crippen LogP contribution in [0.2, 0.25) is 0 Å². The summed E-state index contributed by atoms with van der Waals surface area (Å²) in [7, 11) is 1.66. The van der Waals surface area contributed by atoms with Gasteiger partial charge in [-0.05, 0) is 37.0 Å². The molecule has 1 saturated carbocycles. The number of H-pyrrole nitrogens is 1. The van der Waals surface area contributed by atoms with Gasteiger partial charge in [-0.15, -0.1) is 13.2 Å². The number of nitrogens with zero attached hydrogens (tertiary/aromatic N) is 1. The Morgan fingerprint density at radius 3 is 2.71 bits per heavy atom. The molecule has 0 bridgehead atoms. The normalized spacial score (nSPS) is 20.7. The number of nitrogens with one attached hydrogen (secondary N) is 1. The summed E-state index contributed by atoms with van der Waals surface area (Å²) in [4.78, 5) is 16.8. The van der Waals surface area contributed by atoms with Crippen molar-refractivity contribution in [1.29, 1.82) is 0 Å². The summed E-state index contributed by atoms with van der Waals surface area (Å²) in [5.74, 6) is -0.302. The molecule has 0 spiro atoms. The van der Waals surface area contributed by atoms with Crippen LogP contribution in [-0.4, -0.2) is 47.0 Å². The number of aliphatic hydroxyl groups is 1. The second-order valence-electron chi connectivity index (χ2n) is 6.16. The molecule has 1 aliphatic carbocycles. The zero-order valence-electron chi connectivity index (χ0n) is 12.9. The molecule has 2 aromatic rings. The quantitative estimate of drug-likeness (QED) is 0.898. The van der Waals surface area contributed by atoms with Crippen molar-refractivity contribution in [1.82, 2.24) is 9.88 Å². The van der Waals surface area contributed by atoms with E-state index in [4.69, 9.17) is 0 Å². The van der Waals surface area contributed by atoms with Crippen molar-refractivity contribution in [2.24, 2.45) is 5.92 Å². The molecule has 130 valence electrons. The van der Waals surface area contributed by atoms with Gasteiger partial charge in [-0.25, -0.2) is 0 Å². The molecule has 1 aromatic carbocycles. The van der Waals surface area contributed by atoms with E-state index in [0.29, 0.717) is 36.0 Å². The molecule has 0 saturated heterocycles. The number of hydrogen-bond donors (Lipinski definition) is 2. The van der Waals surface area contributed by atoms with Gasteiger partial charge in [-0.1, -0.05) is 0 Å². The van der Waals surface area contributed by atoms with Crippen molar-refractivity contribution < 1.29 is 27.8 Å². The Morgan fingerprint density at radius 2 is 2.08 bits per heavy atom. The third-order valence-electron chi connectivity index (χ3n) is 4.15. The Bertz CT molecular complexity index is 751. The lowest BCUT2D eigenvalue weighted by Gasteiger charge is -2.34. The van der Waals surface area contributed by atoms with Crippen LogP contribution in [0, 0.1) is 5.92 Å². The highest BCUT2D eigenvalue weighted by Gasteiger charge is 2.31. The lowest BCUT2D eigenvalue weighted by Crippen LogP contribution is -2.39. The van der Waals surface area contributed by atoms with Crippen molar-refractivity contribution >= 4 is 16.8 Å². The van der Waals surface area contributed by atoms with Gasteiger partial charge in [0.25, 0.3) is 5.91 Å². The maximum Gasteiger partial charge on any atom is 0.573 e. The lowest BCUT2D eigenvalue weighted by molar-refractivity contribution is -0.274. The number of carbonyl (C=O) groups is 1. The molecule has 24 heavy (non-hydrogen) atoms. The zero-order valence-corrected chi connectivity index (χ0v) is 12.9. The van der Waals surface area contributed by atoms with Crippen LogP contribution in [0.15, 0.2) is 24.3 Å². The van der Waals surface area contributed by atoms with Gasteiger partial charge < -0.3 is 19.7 Å². The molecule has 8 heteroatoms. The molecule has 1 fully saturated rings. The number of carbonyl (C=O) groups excluding carboxylic acids is 1. The van der Waals surface area contributed by atoms with Crippen LogP contribution in [0.25, 0.3) is 10.9 Å². The highest BCUT2D eigenvalue weighted by molar-refractivity contribution is 5.98. The first kappa shape index (κ1) is 16.6. The predicted molar refractivity (Wildman–Crippen MR) is 80.7 cm³/mol. The van der Waals surface area contributed by atoms with E-state index in [1.165, 1.54) is 18.2 Å². The van der Waals surface area contributed by atoms with Crippen LogP contribution in [0.1, 0.15) is 23.3 Å². The summed E-state index contributed by atoms with van der Waals surface area (Å²) < 4.78 is 40.6. The summed E-state index contributed by atoms with van der Waals surface area (Å²) in [5, 5.41) is 9.91. The Balaban J connectivity index is 1.73. The summed E-state index contributed by atoms with van der Waals surface area (Å²) in [5.41, 5.74) is 0.698. The number of aliphatic hydroxyl groups excluding tert-OH is 1. The minimum absolute atomic E-state index is 0.245. The summed E-state index contributed by atoms with van der Waals surface area (Å²) in [6.45, 7) is 0.535. The molecule has 0 atom stereocenters. The number of aromatic amines is 1. The van der Waals surface area contributed by atoms with E-state index < -0.39 is 6.36 Å². The van der Waals surface area contributed by atoms with Crippen LogP contribution in [-0.2, 0) is 0 Å². The number of ether oxygens (including phenoxy) is 1. The molecule has 0 radical (unpaired) electrons. The fraction of sp³-hybridized carbons (Fsp3) is 0.438. The van der Waals surface area contributed by atoms with E-state index >= 15 is 0 Å². The molecule has 1 aromatic heterocycles. The number of rotatable bonds is 4. The van der Waals surface area contributed by atoms with Gasteiger partial charge in [0.05, 0.1) is 6.10 Å². The van der Waals surface area contributed by atoms with Gasteiger partial charge in [-0.2, -0.15) is 0 Å². The molecule has 2 N–H and O–H groups in total. The standard InChI is InChI=1S/C16H17F3N2O3/c1-21(8-9-4-11(22)5-9)15(23)14-6-10-2-3-12(7-13(10)20-14)24-16(17,18)19/h2-3,6-7,9,11,20,22H,4-5,8H2,1H3. The number of amides is 1. The fourth-order valence-electron chi connectivity index (χ4n) is 2.94. The smallest absolute Gasteiger partial charge is 0.406 e. The minimum atomic E-state index is -4.76. The monoisotopic (exact) mass is 342 g/mol. The third-order valence-corrected chi connectivity index (χ3v) is 4.15. The summed E-state index contributed by atoms with van der Waals surface area (Å²) in [6.07, 6.45) is -3.67. The number of benzene rings is 1. The highest BCUT2D eigenvalue weighted by Crippen LogP contribution is 2.29. The lowest BCUT2D eigenvalue weighted by atomic mass is 9.82. The van der Waals surface area contributed by atoms with E-state index in [1.807, 2.05) is 0 Å². The molecule has 1 aliphatic rings. The van der Waals surface area contributed by atoms with Crippen LogP contribution >= 0.6 is 0 Å². The average molecular weight is 342 g/mol. The molecule has 5 nitrogen and oxygen atoms in total. The van der Waals surface area contributed by atoms with Crippen molar-refractivity contribution in [2.45, 2.75) is 25.3 Å². The Kier molecular flexibility index (Phi) is 4.16. The van der Waals surface area contributed by atoms with E-state index in [1.54, 1.807) is 18.0 Å². The van der Waals surface area contributed by atoms with Crippen LogP contribution in [0.5, 0.6) is 5.75 Å². The van der Waals surface area contributed by atoms with Gasteiger partial charge in [-0.3, -0.25) is 4.79 Å². The summed E-state index contributed by atoms with van der Waals surface area (Å²) in [6, 6.07) is 5.48. The number of fused-ring (bicyclic) bond motifs is 1. The number of halogens is 3.